The molecule has 190 valence electrons. The van der Waals surface area contributed by atoms with Gasteiger partial charge < -0.3 is 24.9 Å². The van der Waals surface area contributed by atoms with Gasteiger partial charge >= 0.3 is 5.91 Å². The van der Waals surface area contributed by atoms with Crippen LogP contribution in [0.4, 0.5) is 10.1 Å². The summed E-state index contributed by atoms with van der Waals surface area (Å²) in [6.45, 7) is 5.65. The molecule has 0 aliphatic rings. The Kier molecular flexibility index (Phi) is 8.50. The minimum Gasteiger partial charge on any atom is -0.490 e. The number of benzene rings is 2. The lowest BCUT2D eigenvalue weighted by Gasteiger charge is -2.23. The van der Waals surface area contributed by atoms with Gasteiger partial charge in [0.15, 0.2) is 17.3 Å². The second-order valence-corrected chi connectivity index (χ2v) is 7.91. The average Bonchev–Trinajstić information content (AvgIpc) is 3.38. The van der Waals surface area contributed by atoms with Crippen LogP contribution < -0.4 is 31.4 Å². The fourth-order valence-corrected chi connectivity index (χ4v) is 3.24. The van der Waals surface area contributed by atoms with Gasteiger partial charge in [0.2, 0.25) is 0 Å². The van der Waals surface area contributed by atoms with Crippen molar-refractivity contribution in [2.45, 2.75) is 32.9 Å². The van der Waals surface area contributed by atoms with Gasteiger partial charge in [-0.3, -0.25) is 25.8 Å². The highest BCUT2D eigenvalue weighted by Gasteiger charge is 2.27. The summed E-state index contributed by atoms with van der Waals surface area (Å²) in [5.41, 5.74) is 10.9. The molecule has 36 heavy (non-hydrogen) atoms. The van der Waals surface area contributed by atoms with Gasteiger partial charge in [-0.15, -0.1) is 0 Å². The van der Waals surface area contributed by atoms with Crippen LogP contribution in [0.3, 0.4) is 0 Å². The van der Waals surface area contributed by atoms with Crippen molar-refractivity contribution < 1.29 is 27.9 Å². The second-order valence-electron chi connectivity index (χ2n) is 7.91. The van der Waals surface area contributed by atoms with Crippen LogP contribution in [0.15, 0.2) is 59.2 Å². The lowest BCUT2D eigenvalue weighted by molar-refractivity contribution is -0.122. The Morgan fingerprint density at radius 3 is 2.42 bits per heavy atom. The Morgan fingerprint density at radius 1 is 1.11 bits per heavy atom. The molecule has 10 nitrogen and oxygen atoms in total. The monoisotopic (exact) mass is 497 g/mol. The molecular formula is C25H28FN5O5. The van der Waals surface area contributed by atoms with Crippen LogP contribution in [-0.4, -0.2) is 30.4 Å². The molecule has 0 saturated heterocycles. The van der Waals surface area contributed by atoms with Crippen LogP contribution in [0.25, 0.3) is 0 Å². The van der Waals surface area contributed by atoms with Crippen molar-refractivity contribution in [1.29, 1.82) is 5.41 Å². The maximum atomic E-state index is 15.3. The molecule has 0 aliphatic carbocycles. The molecule has 1 atom stereocenters. The van der Waals surface area contributed by atoms with Crippen molar-refractivity contribution in [3.63, 3.8) is 0 Å². The number of amides is 2. The quantitative estimate of drug-likeness (QED) is 0.163. The number of furan rings is 1. The number of nitrogens with one attached hydrogen (secondary N) is 4. The van der Waals surface area contributed by atoms with E-state index in [9.17, 15) is 9.59 Å². The predicted molar refractivity (Wildman–Crippen MR) is 131 cm³/mol. The van der Waals surface area contributed by atoms with Crippen LogP contribution in [0.2, 0.25) is 0 Å². The number of hydrogen-bond donors (Lipinski definition) is 5. The lowest BCUT2D eigenvalue weighted by atomic mass is 10.0. The highest BCUT2D eigenvalue weighted by atomic mass is 19.1. The summed E-state index contributed by atoms with van der Waals surface area (Å²) in [6.07, 6.45) is 1.08. The van der Waals surface area contributed by atoms with Gasteiger partial charge in [-0.1, -0.05) is 0 Å². The van der Waals surface area contributed by atoms with E-state index < -0.39 is 23.7 Å². The van der Waals surface area contributed by atoms with Crippen LogP contribution in [0.1, 0.15) is 48.5 Å². The number of amidine groups is 1. The van der Waals surface area contributed by atoms with E-state index in [1.807, 2.05) is 0 Å². The van der Waals surface area contributed by atoms with Crippen molar-refractivity contribution in [3.8, 4) is 11.5 Å². The molecule has 0 aliphatic heterocycles. The maximum Gasteiger partial charge on any atom is 0.305 e. The molecule has 2 aromatic carbocycles. The van der Waals surface area contributed by atoms with Gasteiger partial charge in [-0.2, -0.15) is 0 Å². The first kappa shape index (κ1) is 26.1. The summed E-state index contributed by atoms with van der Waals surface area (Å²) in [5.74, 6) is -1.85. The fraction of sp³-hybridized carbons (Fsp3) is 0.240. The third-order valence-electron chi connectivity index (χ3n) is 4.85. The number of carbonyl (C=O) groups is 2. The number of hydrazine groups is 1. The number of nitrogen functional groups attached to an aromatic ring is 1. The van der Waals surface area contributed by atoms with E-state index in [-0.39, 0.29) is 41.4 Å². The zero-order chi connectivity index (χ0) is 26.2. The topological polar surface area (TPSA) is 152 Å². The molecule has 3 aromatic rings. The first-order valence-electron chi connectivity index (χ1n) is 11.2. The Bertz CT molecular complexity index is 1210. The van der Waals surface area contributed by atoms with E-state index in [1.54, 1.807) is 45.0 Å². The molecule has 0 radical (unpaired) electrons. The molecule has 1 aromatic heterocycles. The molecule has 6 N–H and O–H groups in total. The summed E-state index contributed by atoms with van der Waals surface area (Å²) in [4.78, 5) is 25.4. The van der Waals surface area contributed by atoms with E-state index in [1.165, 1.54) is 24.5 Å². The third-order valence-corrected chi connectivity index (χ3v) is 4.85. The molecule has 1 heterocycles. The normalized spacial score (nSPS) is 11.5. The molecule has 0 fully saturated rings. The van der Waals surface area contributed by atoms with Gasteiger partial charge in [-0.25, -0.2) is 4.39 Å². The molecule has 1 unspecified atom stereocenters. The minimum atomic E-state index is -1.29. The average molecular weight is 498 g/mol. The van der Waals surface area contributed by atoms with Crippen LogP contribution in [0, 0.1) is 11.2 Å². The lowest BCUT2D eigenvalue weighted by Crippen LogP contribution is -2.45. The Morgan fingerprint density at radius 2 is 1.83 bits per heavy atom. The van der Waals surface area contributed by atoms with E-state index in [0.717, 1.165) is 6.07 Å². The Labute approximate surface area is 207 Å². The van der Waals surface area contributed by atoms with Gasteiger partial charge in [-0.05, 0) is 63.2 Å². The summed E-state index contributed by atoms with van der Waals surface area (Å²) in [7, 11) is 0. The Balaban J connectivity index is 1.94. The van der Waals surface area contributed by atoms with Crippen molar-refractivity contribution in [1.82, 2.24) is 10.9 Å². The summed E-state index contributed by atoms with van der Waals surface area (Å²) < 4.78 is 31.6. The van der Waals surface area contributed by atoms with Crippen molar-refractivity contribution in [3.05, 3.63) is 77.5 Å². The van der Waals surface area contributed by atoms with E-state index in [0.29, 0.717) is 11.3 Å². The van der Waals surface area contributed by atoms with Crippen molar-refractivity contribution >= 4 is 23.3 Å². The third kappa shape index (κ3) is 6.53. The number of halogens is 1. The molecule has 0 saturated carbocycles. The first-order valence-corrected chi connectivity index (χ1v) is 11.2. The first-order chi connectivity index (χ1) is 17.2. The number of nitrogens with two attached hydrogens (primary N) is 1. The molecule has 11 heteroatoms. The molecular weight excluding hydrogens is 469 g/mol. The van der Waals surface area contributed by atoms with E-state index >= 15 is 4.39 Å². The standard InChI is InChI=1S/C25H28FN5O5/c1-4-34-20-12-17(18(26)13-21(20)36-14(2)3)22(29-16-9-7-15(8-10-16)23(27)28)25(33)31-30-24(32)19-6-5-11-35-19/h5-14,22,29H,4H2,1-3H3,(H3,27,28)(H,30,32)(H,31,33). The number of carbonyl (C=O) groups excluding carboxylic acids is 2. The second kappa shape index (κ2) is 11.7. The van der Waals surface area contributed by atoms with Gasteiger partial charge in [0.25, 0.3) is 5.91 Å². The van der Waals surface area contributed by atoms with Gasteiger partial charge in [0.1, 0.15) is 17.7 Å². The number of anilines is 1. The summed E-state index contributed by atoms with van der Waals surface area (Å²) in [5, 5.41) is 10.5. The minimum absolute atomic E-state index is 0.0142. The fourth-order valence-electron chi connectivity index (χ4n) is 3.24. The van der Waals surface area contributed by atoms with Crippen LogP contribution in [0.5, 0.6) is 11.5 Å². The molecule has 0 spiro atoms. The number of rotatable bonds is 10. The summed E-state index contributed by atoms with van der Waals surface area (Å²) in [6, 6.07) is 10.5. The van der Waals surface area contributed by atoms with E-state index in [4.69, 9.17) is 25.0 Å². The molecule has 0 bridgehead atoms. The van der Waals surface area contributed by atoms with Crippen molar-refractivity contribution in [2.24, 2.45) is 5.73 Å². The molecule has 3 rings (SSSR count). The predicted octanol–water partition coefficient (Wildman–Crippen LogP) is 3.50. The van der Waals surface area contributed by atoms with Gasteiger partial charge in [0, 0.05) is 22.9 Å². The Hall–Kier alpha value is -4.54. The smallest absolute Gasteiger partial charge is 0.305 e. The maximum absolute atomic E-state index is 15.3. The van der Waals surface area contributed by atoms with Crippen LogP contribution >= 0.6 is 0 Å². The largest absolute Gasteiger partial charge is 0.490 e. The number of hydrogen-bond acceptors (Lipinski definition) is 7. The SMILES string of the molecule is CCOc1cc(C(Nc2ccc(C(=N)N)cc2)C(=O)NNC(=O)c2ccco2)c(F)cc1OC(C)C. The van der Waals surface area contributed by atoms with Gasteiger partial charge in [0.05, 0.1) is 19.0 Å². The highest BCUT2D eigenvalue weighted by molar-refractivity contribution is 5.96. The van der Waals surface area contributed by atoms with E-state index in [2.05, 4.69) is 16.2 Å². The van der Waals surface area contributed by atoms with Crippen molar-refractivity contribution in [2.75, 3.05) is 11.9 Å². The highest BCUT2D eigenvalue weighted by Crippen LogP contribution is 2.35. The van der Waals surface area contributed by atoms with Crippen LogP contribution in [-0.2, 0) is 4.79 Å². The zero-order valence-corrected chi connectivity index (χ0v) is 20.1. The zero-order valence-electron chi connectivity index (χ0n) is 20.1. The molecule has 2 amide bonds. The summed E-state index contributed by atoms with van der Waals surface area (Å²) >= 11 is 0. The number of ether oxygens (including phenoxy) is 2.